The average molecular weight is 265 g/mol. The molecule has 3 heteroatoms. The molecule has 0 heterocycles. The zero-order valence-corrected chi connectivity index (χ0v) is 12.3. The van der Waals surface area contributed by atoms with Gasteiger partial charge in [-0.25, -0.2) is 0 Å². The Bertz CT molecular complexity index is 379. The van der Waals surface area contributed by atoms with Crippen LogP contribution in [0.2, 0.25) is 0 Å². The Hall–Kier alpha value is -1.22. The van der Waals surface area contributed by atoms with Crippen molar-refractivity contribution in [3.8, 4) is 11.5 Å². The van der Waals surface area contributed by atoms with E-state index >= 15 is 0 Å². The van der Waals surface area contributed by atoms with E-state index in [2.05, 4.69) is 19.2 Å². The predicted molar refractivity (Wildman–Crippen MR) is 79.5 cm³/mol. The van der Waals surface area contributed by atoms with Gasteiger partial charge in [-0.05, 0) is 38.5 Å². The van der Waals surface area contributed by atoms with Crippen LogP contribution < -0.4 is 5.32 Å². The molecular weight excluding hydrogens is 238 g/mol. The molecule has 108 valence electrons. The third-order valence-corrected chi connectivity index (χ3v) is 3.50. The van der Waals surface area contributed by atoms with Crippen LogP contribution in [0.25, 0.3) is 0 Å². The zero-order chi connectivity index (χ0) is 14.3. The number of aromatic hydroxyl groups is 2. The first-order chi connectivity index (χ1) is 9.04. The molecular formula is C16H27NO2. The number of hydrogen-bond donors (Lipinski definition) is 3. The lowest BCUT2D eigenvalue weighted by atomic mass is 10.0. The molecule has 0 aliphatic rings. The van der Waals surface area contributed by atoms with E-state index in [1.807, 2.05) is 6.92 Å². The van der Waals surface area contributed by atoms with Gasteiger partial charge < -0.3 is 15.5 Å². The summed E-state index contributed by atoms with van der Waals surface area (Å²) in [6.07, 6.45) is 6.23. The molecule has 0 radical (unpaired) electrons. The van der Waals surface area contributed by atoms with Crippen LogP contribution in [0.5, 0.6) is 11.5 Å². The highest BCUT2D eigenvalue weighted by Gasteiger charge is 2.13. The minimum atomic E-state index is 0.0354. The zero-order valence-electron chi connectivity index (χ0n) is 12.3. The maximum Gasteiger partial charge on any atom is 0.120 e. The highest BCUT2D eigenvalue weighted by Crippen LogP contribution is 2.28. The van der Waals surface area contributed by atoms with E-state index in [1.54, 1.807) is 6.07 Å². The van der Waals surface area contributed by atoms with Gasteiger partial charge in [-0.2, -0.15) is 0 Å². The first-order valence-electron chi connectivity index (χ1n) is 7.32. The van der Waals surface area contributed by atoms with Crippen molar-refractivity contribution in [2.45, 2.75) is 65.0 Å². The quantitative estimate of drug-likeness (QED) is 0.490. The minimum absolute atomic E-state index is 0.0354. The summed E-state index contributed by atoms with van der Waals surface area (Å²) in [5.74, 6) is 0.424. The van der Waals surface area contributed by atoms with Crippen molar-refractivity contribution in [1.29, 1.82) is 0 Å². The lowest BCUT2D eigenvalue weighted by molar-refractivity contribution is 0.411. The second-order valence-corrected chi connectivity index (χ2v) is 5.38. The van der Waals surface area contributed by atoms with Crippen molar-refractivity contribution in [2.24, 2.45) is 0 Å². The molecule has 0 saturated heterocycles. The van der Waals surface area contributed by atoms with E-state index in [9.17, 15) is 10.2 Å². The van der Waals surface area contributed by atoms with E-state index in [1.165, 1.54) is 37.8 Å². The second-order valence-electron chi connectivity index (χ2n) is 5.38. The Balaban J connectivity index is 2.45. The largest absolute Gasteiger partial charge is 0.508 e. The first-order valence-corrected chi connectivity index (χ1v) is 7.32. The van der Waals surface area contributed by atoms with E-state index in [4.69, 9.17) is 0 Å². The lowest BCUT2D eigenvalue weighted by Crippen LogP contribution is -2.28. The van der Waals surface area contributed by atoms with Gasteiger partial charge in [0.15, 0.2) is 0 Å². The van der Waals surface area contributed by atoms with E-state index in [0.29, 0.717) is 6.04 Å². The van der Waals surface area contributed by atoms with Crippen LogP contribution >= 0.6 is 0 Å². The van der Waals surface area contributed by atoms with Gasteiger partial charge in [0.25, 0.3) is 0 Å². The van der Waals surface area contributed by atoms with Gasteiger partial charge in [0.1, 0.15) is 11.5 Å². The van der Waals surface area contributed by atoms with Crippen LogP contribution in [0.3, 0.4) is 0 Å². The highest BCUT2D eigenvalue weighted by molar-refractivity contribution is 5.40. The number of nitrogens with one attached hydrogen (secondary N) is 1. The normalized spacial score (nSPS) is 14.3. The maximum absolute atomic E-state index is 9.81. The van der Waals surface area contributed by atoms with Crippen LogP contribution in [0.1, 0.15) is 64.5 Å². The number of benzene rings is 1. The number of rotatable bonds is 8. The summed E-state index contributed by atoms with van der Waals surface area (Å²) in [4.78, 5) is 0. The molecule has 2 atom stereocenters. The Labute approximate surface area is 116 Å². The van der Waals surface area contributed by atoms with E-state index < -0.39 is 0 Å². The van der Waals surface area contributed by atoms with Gasteiger partial charge in [-0.15, -0.1) is 0 Å². The molecule has 0 aliphatic carbocycles. The van der Waals surface area contributed by atoms with Crippen molar-refractivity contribution in [1.82, 2.24) is 5.32 Å². The minimum Gasteiger partial charge on any atom is -0.508 e. The molecule has 19 heavy (non-hydrogen) atoms. The van der Waals surface area contributed by atoms with Crippen LogP contribution in [0.4, 0.5) is 0 Å². The maximum atomic E-state index is 9.81. The predicted octanol–water partition coefficient (Wildman–Crippen LogP) is 4.11. The Morgan fingerprint density at radius 1 is 1.11 bits per heavy atom. The third kappa shape index (κ3) is 5.52. The summed E-state index contributed by atoms with van der Waals surface area (Å²) >= 11 is 0. The van der Waals surface area contributed by atoms with Gasteiger partial charge in [0, 0.05) is 17.6 Å². The standard InChI is InChI=1S/C16H27NO2/c1-4-5-6-7-8-12(2)17-13(3)15-11-14(18)9-10-16(15)19/h9-13,17-19H,4-8H2,1-3H3. The monoisotopic (exact) mass is 265 g/mol. The average Bonchev–Trinajstić information content (AvgIpc) is 2.37. The molecule has 2 unspecified atom stereocenters. The van der Waals surface area contributed by atoms with Crippen LogP contribution in [-0.2, 0) is 0 Å². The molecule has 1 aromatic rings. The molecule has 0 spiro atoms. The fourth-order valence-corrected chi connectivity index (χ4v) is 2.37. The molecule has 0 fully saturated rings. The molecule has 0 saturated carbocycles. The van der Waals surface area contributed by atoms with Gasteiger partial charge in [-0.1, -0.05) is 32.6 Å². The Morgan fingerprint density at radius 2 is 1.84 bits per heavy atom. The Kier molecular flexibility index (Phi) is 6.71. The fourth-order valence-electron chi connectivity index (χ4n) is 2.37. The molecule has 1 aromatic carbocycles. The number of phenolic OH excluding ortho intramolecular Hbond substituents is 2. The summed E-state index contributed by atoms with van der Waals surface area (Å²) < 4.78 is 0. The van der Waals surface area contributed by atoms with Crippen LogP contribution in [0, 0.1) is 0 Å². The topological polar surface area (TPSA) is 52.5 Å². The van der Waals surface area contributed by atoms with Crippen LogP contribution in [-0.4, -0.2) is 16.3 Å². The van der Waals surface area contributed by atoms with Gasteiger partial charge in [-0.3, -0.25) is 0 Å². The molecule has 0 bridgehead atoms. The van der Waals surface area contributed by atoms with Gasteiger partial charge >= 0.3 is 0 Å². The fraction of sp³-hybridized carbons (Fsp3) is 0.625. The van der Waals surface area contributed by atoms with Crippen LogP contribution in [0.15, 0.2) is 18.2 Å². The summed E-state index contributed by atoms with van der Waals surface area (Å²) in [7, 11) is 0. The highest BCUT2D eigenvalue weighted by atomic mass is 16.3. The molecule has 3 nitrogen and oxygen atoms in total. The van der Waals surface area contributed by atoms with Crippen molar-refractivity contribution < 1.29 is 10.2 Å². The number of phenols is 2. The van der Waals surface area contributed by atoms with E-state index in [-0.39, 0.29) is 17.5 Å². The summed E-state index contributed by atoms with van der Waals surface area (Å²) in [5, 5.41) is 22.8. The molecule has 0 amide bonds. The van der Waals surface area contributed by atoms with Crippen molar-refractivity contribution in [2.75, 3.05) is 0 Å². The van der Waals surface area contributed by atoms with Crippen molar-refractivity contribution in [3.63, 3.8) is 0 Å². The molecule has 0 aliphatic heterocycles. The second kappa shape index (κ2) is 8.05. The SMILES string of the molecule is CCCCCCC(C)NC(C)c1cc(O)ccc1O. The summed E-state index contributed by atoms with van der Waals surface area (Å²) in [6, 6.07) is 5.10. The third-order valence-electron chi connectivity index (χ3n) is 3.50. The number of unbranched alkanes of at least 4 members (excludes halogenated alkanes) is 3. The summed E-state index contributed by atoms with van der Waals surface area (Å²) in [6.45, 7) is 6.40. The molecule has 0 aromatic heterocycles. The van der Waals surface area contributed by atoms with Gasteiger partial charge in [0.2, 0.25) is 0 Å². The Morgan fingerprint density at radius 3 is 2.53 bits per heavy atom. The van der Waals surface area contributed by atoms with Crippen molar-refractivity contribution >= 4 is 0 Å². The first kappa shape index (κ1) is 15.8. The van der Waals surface area contributed by atoms with E-state index in [0.717, 1.165) is 12.0 Å². The number of hydrogen-bond acceptors (Lipinski definition) is 3. The lowest BCUT2D eigenvalue weighted by Gasteiger charge is -2.21. The molecule has 3 N–H and O–H groups in total. The van der Waals surface area contributed by atoms with Crippen molar-refractivity contribution in [3.05, 3.63) is 23.8 Å². The smallest absolute Gasteiger partial charge is 0.120 e. The molecule has 1 rings (SSSR count). The summed E-state index contributed by atoms with van der Waals surface area (Å²) in [5.41, 5.74) is 0.750. The van der Waals surface area contributed by atoms with Gasteiger partial charge in [0.05, 0.1) is 0 Å².